The average molecular weight is 370 g/mol. The number of hydrogen-bond acceptors (Lipinski definition) is 6. The molecule has 6 heteroatoms. The van der Waals surface area contributed by atoms with Crippen LogP contribution in [0.4, 0.5) is 11.4 Å². The smallest absolute Gasteiger partial charge is 0.308 e. The molecule has 1 aliphatic carbocycles. The maximum absolute atomic E-state index is 12.7. The molecule has 3 aromatic carbocycles. The fraction of sp³-hybridized carbons (Fsp3) is 0.0455. The van der Waals surface area contributed by atoms with Crippen molar-refractivity contribution in [1.29, 1.82) is 0 Å². The van der Waals surface area contributed by atoms with Gasteiger partial charge in [-0.15, -0.1) is 0 Å². The van der Waals surface area contributed by atoms with Gasteiger partial charge < -0.3 is 4.74 Å². The molecule has 0 heterocycles. The van der Waals surface area contributed by atoms with E-state index in [1.165, 1.54) is 6.92 Å². The van der Waals surface area contributed by atoms with Crippen molar-refractivity contribution in [3.05, 3.63) is 89.0 Å². The fourth-order valence-electron chi connectivity index (χ4n) is 3.01. The normalized spacial score (nSPS) is 12.6. The molecule has 0 N–H and O–H groups in total. The molecule has 0 aliphatic heterocycles. The Kier molecular flexibility index (Phi) is 4.37. The fourth-order valence-corrected chi connectivity index (χ4v) is 3.01. The molecule has 0 bridgehead atoms. The van der Waals surface area contributed by atoms with Gasteiger partial charge in [0, 0.05) is 29.2 Å². The predicted octanol–water partition coefficient (Wildman–Crippen LogP) is 4.80. The zero-order chi connectivity index (χ0) is 19.7. The lowest BCUT2D eigenvalue weighted by molar-refractivity contribution is -0.131. The first kappa shape index (κ1) is 17.5. The van der Waals surface area contributed by atoms with Gasteiger partial charge in [-0.05, 0) is 42.5 Å². The van der Waals surface area contributed by atoms with E-state index in [2.05, 4.69) is 10.2 Å². The third kappa shape index (κ3) is 3.23. The van der Waals surface area contributed by atoms with Gasteiger partial charge in [-0.3, -0.25) is 14.4 Å². The lowest BCUT2D eigenvalue weighted by Crippen LogP contribution is -2.20. The summed E-state index contributed by atoms with van der Waals surface area (Å²) in [4.78, 5) is 36.3. The average Bonchev–Trinajstić information content (AvgIpc) is 2.71. The summed E-state index contributed by atoms with van der Waals surface area (Å²) in [5, 5.41) is 8.27. The molecule has 0 amide bonds. The van der Waals surface area contributed by atoms with Crippen LogP contribution in [0.1, 0.15) is 38.8 Å². The van der Waals surface area contributed by atoms with Crippen LogP contribution >= 0.6 is 0 Å². The minimum Gasteiger partial charge on any atom is -0.427 e. The maximum Gasteiger partial charge on any atom is 0.308 e. The summed E-state index contributed by atoms with van der Waals surface area (Å²) in [5.41, 5.74) is 2.53. The Balaban J connectivity index is 1.61. The third-order valence-corrected chi connectivity index (χ3v) is 4.29. The van der Waals surface area contributed by atoms with Crippen LogP contribution in [0.5, 0.6) is 5.75 Å². The van der Waals surface area contributed by atoms with Gasteiger partial charge in [0.25, 0.3) is 0 Å². The SMILES string of the molecule is CC(=O)Oc1ccc(N=Nc2ccc3c(c2)C(=O)c2ccccc2C3=O)cc1. The van der Waals surface area contributed by atoms with Gasteiger partial charge in [-0.1, -0.05) is 24.3 Å². The number of ketones is 2. The zero-order valence-electron chi connectivity index (χ0n) is 14.9. The molecule has 0 spiro atoms. The second kappa shape index (κ2) is 7.00. The van der Waals surface area contributed by atoms with E-state index in [9.17, 15) is 14.4 Å². The highest BCUT2D eigenvalue weighted by Crippen LogP contribution is 2.30. The highest BCUT2D eigenvalue weighted by molar-refractivity contribution is 6.28. The van der Waals surface area contributed by atoms with Crippen molar-refractivity contribution in [2.45, 2.75) is 6.92 Å². The summed E-state index contributed by atoms with van der Waals surface area (Å²) in [6.45, 7) is 1.33. The number of carbonyl (C=O) groups is 3. The molecule has 28 heavy (non-hydrogen) atoms. The van der Waals surface area contributed by atoms with Crippen molar-refractivity contribution >= 4 is 28.9 Å². The van der Waals surface area contributed by atoms with Gasteiger partial charge in [0.05, 0.1) is 11.4 Å². The molecule has 0 aromatic heterocycles. The Morgan fingerprint density at radius 2 is 1.25 bits per heavy atom. The molecule has 0 unspecified atom stereocenters. The van der Waals surface area contributed by atoms with E-state index in [0.29, 0.717) is 39.4 Å². The van der Waals surface area contributed by atoms with Crippen LogP contribution < -0.4 is 4.74 Å². The zero-order valence-corrected chi connectivity index (χ0v) is 14.9. The topological polar surface area (TPSA) is 85.2 Å². The molecule has 4 rings (SSSR count). The largest absolute Gasteiger partial charge is 0.427 e. The third-order valence-electron chi connectivity index (χ3n) is 4.29. The first-order valence-electron chi connectivity index (χ1n) is 8.55. The Bertz CT molecular complexity index is 1150. The minimum atomic E-state index is -0.399. The highest BCUT2D eigenvalue weighted by atomic mass is 16.5. The van der Waals surface area contributed by atoms with Crippen molar-refractivity contribution < 1.29 is 19.1 Å². The lowest BCUT2D eigenvalue weighted by atomic mass is 9.84. The first-order chi connectivity index (χ1) is 13.5. The summed E-state index contributed by atoms with van der Waals surface area (Å²) < 4.78 is 4.96. The quantitative estimate of drug-likeness (QED) is 0.294. The maximum atomic E-state index is 12.7. The number of rotatable bonds is 3. The standard InChI is InChI=1S/C22H14N2O4/c1-13(25)28-16-9-6-14(7-10-16)23-24-15-8-11-19-20(12-15)22(27)18-5-3-2-4-17(18)21(19)26/h2-12H,1H3. The van der Waals surface area contributed by atoms with Crippen molar-refractivity contribution in [3.8, 4) is 5.75 Å². The van der Waals surface area contributed by atoms with E-state index >= 15 is 0 Å². The molecule has 1 aliphatic rings. The van der Waals surface area contributed by atoms with E-state index in [4.69, 9.17) is 4.74 Å². The molecule has 0 saturated carbocycles. The number of esters is 1. The Morgan fingerprint density at radius 3 is 1.89 bits per heavy atom. The van der Waals surface area contributed by atoms with Crippen molar-refractivity contribution in [2.24, 2.45) is 10.2 Å². The van der Waals surface area contributed by atoms with Gasteiger partial charge in [-0.25, -0.2) is 0 Å². The first-order valence-corrected chi connectivity index (χ1v) is 8.55. The molecule has 0 atom stereocenters. The van der Waals surface area contributed by atoms with Crippen LogP contribution in [-0.2, 0) is 4.79 Å². The van der Waals surface area contributed by atoms with Gasteiger partial charge >= 0.3 is 5.97 Å². The molecular weight excluding hydrogens is 356 g/mol. The van der Waals surface area contributed by atoms with Gasteiger partial charge in [0.15, 0.2) is 11.6 Å². The molecule has 6 nitrogen and oxygen atoms in total. The van der Waals surface area contributed by atoms with E-state index in [1.54, 1.807) is 66.7 Å². The molecule has 0 radical (unpaired) electrons. The van der Waals surface area contributed by atoms with Crippen LogP contribution in [0.2, 0.25) is 0 Å². The summed E-state index contributed by atoms with van der Waals surface area (Å²) in [6.07, 6.45) is 0. The van der Waals surface area contributed by atoms with E-state index < -0.39 is 5.97 Å². The number of carbonyl (C=O) groups excluding carboxylic acids is 3. The number of hydrogen-bond donors (Lipinski definition) is 0. The van der Waals surface area contributed by atoms with Gasteiger partial charge in [-0.2, -0.15) is 10.2 Å². The van der Waals surface area contributed by atoms with Crippen LogP contribution in [0, 0.1) is 0 Å². The summed E-state index contributed by atoms with van der Waals surface area (Å²) in [7, 11) is 0. The number of nitrogens with zero attached hydrogens (tertiary/aromatic N) is 2. The molecule has 0 saturated heterocycles. The van der Waals surface area contributed by atoms with Crippen LogP contribution in [0.15, 0.2) is 77.0 Å². The number of fused-ring (bicyclic) bond motifs is 2. The van der Waals surface area contributed by atoms with Crippen molar-refractivity contribution in [2.75, 3.05) is 0 Å². The Morgan fingerprint density at radius 1 is 0.714 bits per heavy atom. The van der Waals surface area contributed by atoms with Crippen molar-refractivity contribution in [3.63, 3.8) is 0 Å². The Labute approximate surface area is 160 Å². The van der Waals surface area contributed by atoms with E-state index in [-0.39, 0.29) is 11.6 Å². The predicted molar refractivity (Wildman–Crippen MR) is 102 cm³/mol. The lowest BCUT2D eigenvalue weighted by Gasteiger charge is -2.17. The summed E-state index contributed by atoms with van der Waals surface area (Å²) in [6, 6.07) is 18.1. The summed E-state index contributed by atoms with van der Waals surface area (Å²) >= 11 is 0. The Hall–Kier alpha value is -3.93. The van der Waals surface area contributed by atoms with Crippen LogP contribution in [0.3, 0.4) is 0 Å². The van der Waals surface area contributed by atoms with Gasteiger partial charge in [0.1, 0.15) is 5.75 Å². The number of benzene rings is 3. The minimum absolute atomic E-state index is 0.172. The van der Waals surface area contributed by atoms with E-state index in [0.717, 1.165) is 0 Å². The molecular formula is C22H14N2O4. The van der Waals surface area contributed by atoms with E-state index in [1.807, 2.05) is 0 Å². The number of azo groups is 1. The second-order valence-electron chi connectivity index (χ2n) is 6.22. The second-order valence-corrected chi connectivity index (χ2v) is 6.22. The van der Waals surface area contributed by atoms with Crippen molar-refractivity contribution in [1.82, 2.24) is 0 Å². The molecule has 0 fully saturated rings. The molecule has 3 aromatic rings. The number of ether oxygens (including phenoxy) is 1. The van der Waals surface area contributed by atoms with Crippen LogP contribution in [0.25, 0.3) is 0 Å². The van der Waals surface area contributed by atoms with Crippen LogP contribution in [-0.4, -0.2) is 17.5 Å². The summed E-state index contributed by atoms with van der Waals surface area (Å²) in [5.74, 6) is -0.352. The molecule has 136 valence electrons. The highest BCUT2D eigenvalue weighted by Gasteiger charge is 2.29. The van der Waals surface area contributed by atoms with Gasteiger partial charge in [0.2, 0.25) is 0 Å². The monoisotopic (exact) mass is 370 g/mol.